The molecule has 0 spiro atoms. The average Bonchev–Trinajstić information content (AvgIpc) is 3.11. The van der Waals surface area contributed by atoms with Gasteiger partial charge in [-0.2, -0.15) is 0 Å². The first-order chi connectivity index (χ1) is 9.75. The molecular formula is C14H13BrN2OS2. The van der Waals surface area contributed by atoms with E-state index < -0.39 is 0 Å². The molecule has 1 aromatic carbocycles. The summed E-state index contributed by atoms with van der Waals surface area (Å²) < 4.78 is 0.896. The van der Waals surface area contributed by atoms with E-state index in [1.54, 1.807) is 11.3 Å². The van der Waals surface area contributed by atoms with Gasteiger partial charge in [-0.15, -0.1) is 23.1 Å². The smallest absolute Gasteiger partial charge is 0.307 e. The van der Waals surface area contributed by atoms with Crippen molar-refractivity contribution in [1.29, 1.82) is 0 Å². The van der Waals surface area contributed by atoms with Crippen LogP contribution in [-0.4, -0.2) is 23.2 Å². The molecule has 1 aliphatic heterocycles. The van der Waals surface area contributed by atoms with E-state index in [9.17, 15) is 4.79 Å². The zero-order chi connectivity index (χ0) is 13.9. The topological polar surface area (TPSA) is 32.3 Å². The summed E-state index contributed by atoms with van der Waals surface area (Å²) >= 11 is 6.96. The number of hydrogen-bond donors (Lipinski definition) is 1. The van der Waals surface area contributed by atoms with Crippen LogP contribution < -0.4 is 5.32 Å². The highest BCUT2D eigenvalue weighted by Crippen LogP contribution is 2.40. The number of carbonyl (C=O) groups is 1. The average molecular weight is 369 g/mol. The zero-order valence-corrected chi connectivity index (χ0v) is 13.8. The predicted molar refractivity (Wildman–Crippen MR) is 89.4 cm³/mol. The van der Waals surface area contributed by atoms with Crippen LogP contribution in [0.5, 0.6) is 0 Å². The van der Waals surface area contributed by atoms with E-state index in [0.717, 1.165) is 22.5 Å². The molecule has 6 heteroatoms. The number of urea groups is 1. The van der Waals surface area contributed by atoms with Gasteiger partial charge < -0.3 is 10.2 Å². The lowest BCUT2D eigenvalue weighted by atomic mass is 10.3. The van der Waals surface area contributed by atoms with Crippen molar-refractivity contribution in [2.75, 3.05) is 17.6 Å². The molecule has 1 saturated heterocycles. The van der Waals surface area contributed by atoms with Gasteiger partial charge in [0.15, 0.2) is 0 Å². The Balaban J connectivity index is 1.75. The van der Waals surface area contributed by atoms with Gasteiger partial charge >= 0.3 is 6.03 Å². The van der Waals surface area contributed by atoms with Crippen LogP contribution in [-0.2, 0) is 0 Å². The first kappa shape index (κ1) is 14.0. The Morgan fingerprint density at radius 3 is 2.90 bits per heavy atom. The van der Waals surface area contributed by atoms with E-state index in [2.05, 4.69) is 32.7 Å². The molecule has 2 amide bonds. The van der Waals surface area contributed by atoms with Gasteiger partial charge in [0.25, 0.3) is 0 Å². The van der Waals surface area contributed by atoms with Crippen LogP contribution >= 0.6 is 39.0 Å². The first-order valence-electron chi connectivity index (χ1n) is 6.23. The van der Waals surface area contributed by atoms with Gasteiger partial charge in [0.1, 0.15) is 5.37 Å². The monoisotopic (exact) mass is 368 g/mol. The van der Waals surface area contributed by atoms with Gasteiger partial charge in [-0.25, -0.2) is 4.79 Å². The predicted octanol–water partition coefficient (Wildman–Crippen LogP) is 4.79. The summed E-state index contributed by atoms with van der Waals surface area (Å²) in [5.41, 5.74) is 0.805. The maximum absolute atomic E-state index is 12.5. The van der Waals surface area contributed by atoms with Crippen molar-refractivity contribution in [3.05, 3.63) is 51.1 Å². The van der Waals surface area contributed by atoms with E-state index in [-0.39, 0.29) is 11.4 Å². The number of benzene rings is 1. The fourth-order valence-corrected chi connectivity index (χ4v) is 4.71. The lowest BCUT2D eigenvalue weighted by molar-refractivity contribution is 0.215. The number of hydrogen-bond acceptors (Lipinski definition) is 3. The van der Waals surface area contributed by atoms with E-state index in [1.165, 1.54) is 4.88 Å². The maximum atomic E-state index is 12.5. The van der Waals surface area contributed by atoms with Crippen LogP contribution in [0.25, 0.3) is 0 Å². The lowest BCUT2D eigenvalue weighted by Gasteiger charge is -2.23. The molecule has 104 valence electrons. The number of rotatable bonds is 2. The molecule has 0 saturated carbocycles. The van der Waals surface area contributed by atoms with Crippen LogP contribution in [0.2, 0.25) is 0 Å². The van der Waals surface area contributed by atoms with Crippen molar-refractivity contribution in [1.82, 2.24) is 4.90 Å². The Bertz CT molecular complexity index is 603. The Morgan fingerprint density at radius 1 is 1.30 bits per heavy atom. The molecule has 1 N–H and O–H groups in total. The van der Waals surface area contributed by atoms with Crippen LogP contribution in [0.3, 0.4) is 0 Å². The van der Waals surface area contributed by atoms with Crippen molar-refractivity contribution in [2.45, 2.75) is 5.37 Å². The standard InChI is InChI=1S/C14H13BrN2OS2/c15-10-4-1-2-5-11(10)16-14(18)17-7-9-20-13(17)12-6-3-8-19-12/h1-6,8,13H,7,9H2,(H,16,18)/t13-/m0/s1. The molecule has 0 aliphatic carbocycles. The third-order valence-electron chi connectivity index (χ3n) is 3.05. The number of halogens is 1. The summed E-state index contributed by atoms with van der Waals surface area (Å²) in [7, 11) is 0. The minimum absolute atomic E-state index is 0.0414. The van der Waals surface area contributed by atoms with Crippen molar-refractivity contribution in [3.8, 4) is 0 Å². The molecule has 2 aromatic rings. The van der Waals surface area contributed by atoms with Crippen LogP contribution in [0.15, 0.2) is 46.3 Å². The molecule has 3 rings (SSSR count). The number of thiophene rings is 1. The molecule has 3 nitrogen and oxygen atoms in total. The quantitative estimate of drug-likeness (QED) is 0.826. The van der Waals surface area contributed by atoms with Gasteiger partial charge in [-0.3, -0.25) is 0 Å². The highest BCUT2D eigenvalue weighted by atomic mass is 79.9. The summed E-state index contributed by atoms with van der Waals surface area (Å²) in [5.74, 6) is 0.978. The second-order valence-corrected chi connectivity index (χ2v) is 7.36. The van der Waals surface area contributed by atoms with Gasteiger partial charge in [0.05, 0.1) is 5.69 Å². The lowest BCUT2D eigenvalue weighted by Crippen LogP contribution is -2.34. The number of amides is 2. The van der Waals surface area contributed by atoms with Gasteiger partial charge in [0.2, 0.25) is 0 Å². The molecule has 1 atom stereocenters. The Kier molecular flexibility index (Phi) is 4.33. The van der Waals surface area contributed by atoms with E-state index in [4.69, 9.17) is 0 Å². The highest BCUT2D eigenvalue weighted by molar-refractivity contribution is 9.10. The zero-order valence-electron chi connectivity index (χ0n) is 10.6. The summed E-state index contributed by atoms with van der Waals surface area (Å²) in [6.45, 7) is 0.781. The minimum atomic E-state index is -0.0414. The maximum Gasteiger partial charge on any atom is 0.323 e. The van der Waals surface area contributed by atoms with Crippen molar-refractivity contribution in [3.63, 3.8) is 0 Å². The molecule has 0 radical (unpaired) electrons. The van der Waals surface area contributed by atoms with E-state index in [0.29, 0.717) is 0 Å². The molecule has 20 heavy (non-hydrogen) atoms. The summed E-state index contributed by atoms with van der Waals surface area (Å²) in [4.78, 5) is 15.6. The molecular weight excluding hydrogens is 356 g/mol. The third kappa shape index (κ3) is 2.87. The van der Waals surface area contributed by atoms with Crippen molar-refractivity contribution in [2.24, 2.45) is 0 Å². The van der Waals surface area contributed by atoms with Crippen LogP contribution in [0.1, 0.15) is 10.3 Å². The second-order valence-electron chi connectivity index (χ2n) is 4.34. The number of anilines is 1. The fraction of sp³-hybridized carbons (Fsp3) is 0.214. The third-order valence-corrected chi connectivity index (χ3v) is 6.06. The van der Waals surface area contributed by atoms with Crippen LogP contribution in [0.4, 0.5) is 10.5 Å². The van der Waals surface area contributed by atoms with E-state index >= 15 is 0 Å². The number of carbonyl (C=O) groups excluding carboxylic acids is 1. The van der Waals surface area contributed by atoms with Gasteiger partial charge in [-0.1, -0.05) is 18.2 Å². The minimum Gasteiger partial charge on any atom is -0.307 e. The first-order valence-corrected chi connectivity index (χ1v) is 8.95. The summed E-state index contributed by atoms with van der Waals surface area (Å²) in [6.07, 6.45) is 0. The van der Waals surface area contributed by atoms with Gasteiger partial charge in [0, 0.05) is 21.6 Å². The highest BCUT2D eigenvalue weighted by Gasteiger charge is 2.31. The number of para-hydroxylation sites is 1. The van der Waals surface area contributed by atoms with Gasteiger partial charge in [-0.05, 0) is 39.5 Å². The normalized spacial score (nSPS) is 18.2. The number of thioether (sulfide) groups is 1. The Hall–Kier alpha value is -0.980. The Morgan fingerprint density at radius 2 is 2.15 bits per heavy atom. The molecule has 0 unspecified atom stereocenters. The van der Waals surface area contributed by atoms with Crippen molar-refractivity contribution >= 4 is 50.7 Å². The number of nitrogens with zero attached hydrogens (tertiary/aromatic N) is 1. The van der Waals surface area contributed by atoms with Crippen molar-refractivity contribution < 1.29 is 4.79 Å². The van der Waals surface area contributed by atoms with Crippen LogP contribution in [0, 0.1) is 0 Å². The summed E-state index contributed by atoms with van der Waals surface area (Å²) in [6, 6.07) is 11.7. The molecule has 1 aliphatic rings. The molecule has 1 aromatic heterocycles. The number of nitrogens with one attached hydrogen (secondary N) is 1. The summed E-state index contributed by atoms with van der Waals surface area (Å²) in [5, 5.41) is 5.17. The molecule has 0 bridgehead atoms. The largest absolute Gasteiger partial charge is 0.323 e. The second kappa shape index (κ2) is 6.20. The molecule has 1 fully saturated rings. The Labute approximate surface area is 134 Å². The molecule has 2 heterocycles. The fourth-order valence-electron chi connectivity index (χ4n) is 2.10. The van der Waals surface area contributed by atoms with E-state index in [1.807, 2.05) is 47.0 Å². The SMILES string of the molecule is O=C(Nc1ccccc1Br)N1CCS[C@H]1c1cccs1.